The van der Waals surface area contributed by atoms with Crippen LogP contribution in [0.1, 0.15) is 20.1 Å². The first kappa shape index (κ1) is 22.0. The lowest BCUT2D eigenvalue weighted by Crippen LogP contribution is -2.23. The number of benzene rings is 2. The number of hydrogen-bond donors (Lipinski definition) is 3. The van der Waals surface area contributed by atoms with Crippen molar-refractivity contribution in [3.63, 3.8) is 0 Å². The van der Waals surface area contributed by atoms with Crippen LogP contribution in [0.5, 0.6) is 0 Å². The summed E-state index contributed by atoms with van der Waals surface area (Å²) in [6.45, 7) is 2.56. The lowest BCUT2D eigenvalue weighted by molar-refractivity contribution is 0.102. The molecule has 0 radical (unpaired) electrons. The third-order valence-corrected chi connectivity index (χ3v) is 7.70. The standard InChI is InChI=1S/C22H23N5O3S2/c1-14-4-7-19(31-14)13-23-18-8-16(9-20(10-18)32(29,30)27(2)3)22(28)25-17-6-5-15-12-24-26-21(15)11-17/h4-12,23H,13H2,1-3H3,(H,24,26)(H,25,28). The smallest absolute Gasteiger partial charge is 0.255 e. The molecule has 0 unspecified atom stereocenters. The van der Waals surface area contributed by atoms with E-state index in [0.717, 1.165) is 20.1 Å². The van der Waals surface area contributed by atoms with E-state index in [1.807, 2.05) is 25.1 Å². The number of nitrogens with one attached hydrogen (secondary N) is 3. The van der Waals surface area contributed by atoms with Crippen molar-refractivity contribution in [2.45, 2.75) is 18.4 Å². The molecule has 0 fully saturated rings. The number of H-pyrrole nitrogens is 1. The van der Waals surface area contributed by atoms with E-state index in [1.165, 1.54) is 25.0 Å². The number of aromatic amines is 1. The fraction of sp³-hybridized carbons (Fsp3) is 0.182. The Kier molecular flexibility index (Phi) is 6.00. The Morgan fingerprint density at radius 2 is 1.91 bits per heavy atom. The van der Waals surface area contributed by atoms with Gasteiger partial charge in [-0.25, -0.2) is 12.7 Å². The molecule has 1 amide bonds. The minimum Gasteiger partial charge on any atom is -0.380 e. The van der Waals surface area contributed by atoms with Gasteiger partial charge in [-0.1, -0.05) is 0 Å². The van der Waals surface area contributed by atoms with Gasteiger partial charge >= 0.3 is 0 Å². The second-order valence-corrected chi connectivity index (χ2v) is 11.0. The fourth-order valence-corrected chi connectivity index (χ4v) is 4.98. The quantitative estimate of drug-likeness (QED) is 0.379. The van der Waals surface area contributed by atoms with Crippen LogP contribution in [-0.2, 0) is 16.6 Å². The zero-order chi connectivity index (χ0) is 22.9. The van der Waals surface area contributed by atoms with Gasteiger partial charge in [-0.05, 0) is 55.5 Å². The van der Waals surface area contributed by atoms with Crippen molar-refractivity contribution in [3.05, 3.63) is 70.0 Å². The summed E-state index contributed by atoms with van der Waals surface area (Å²) in [6, 6.07) is 14.0. The van der Waals surface area contributed by atoms with Gasteiger partial charge < -0.3 is 10.6 Å². The number of nitrogens with zero attached hydrogens (tertiary/aromatic N) is 2. The fourth-order valence-electron chi connectivity index (χ4n) is 3.18. The molecular weight excluding hydrogens is 446 g/mol. The van der Waals surface area contributed by atoms with Gasteiger partial charge in [0, 0.05) is 52.7 Å². The SMILES string of the molecule is Cc1ccc(CNc2cc(C(=O)Nc3ccc4cn[nH]c4c3)cc(S(=O)(=O)N(C)C)c2)s1. The van der Waals surface area contributed by atoms with Crippen LogP contribution in [-0.4, -0.2) is 42.9 Å². The number of thiophene rings is 1. The van der Waals surface area contributed by atoms with E-state index in [0.29, 0.717) is 17.9 Å². The molecule has 0 aliphatic heterocycles. The molecule has 0 atom stereocenters. The summed E-state index contributed by atoms with van der Waals surface area (Å²) in [5.41, 5.74) is 2.16. The second-order valence-electron chi connectivity index (χ2n) is 7.53. The van der Waals surface area contributed by atoms with E-state index in [2.05, 4.69) is 20.8 Å². The molecule has 166 valence electrons. The summed E-state index contributed by atoms with van der Waals surface area (Å²) in [4.78, 5) is 15.3. The van der Waals surface area contributed by atoms with Gasteiger partial charge in [-0.2, -0.15) is 5.10 Å². The maximum Gasteiger partial charge on any atom is 0.255 e. The molecule has 0 saturated carbocycles. The van der Waals surface area contributed by atoms with E-state index >= 15 is 0 Å². The van der Waals surface area contributed by atoms with Gasteiger partial charge in [0.2, 0.25) is 10.0 Å². The van der Waals surface area contributed by atoms with Gasteiger partial charge in [-0.15, -0.1) is 11.3 Å². The second kappa shape index (κ2) is 8.73. The third-order valence-electron chi connectivity index (χ3n) is 4.91. The maximum absolute atomic E-state index is 13.0. The van der Waals surface area contributed by atoms with Crippen LogP contribution < -0.4 is 10.6 Å². The molecule has 10 heteroatoms. The molecule has 2 aromatic carbocycles. The lowest BCUT2D eigenvalue weighted by atomic mass is 10.1. The summed E-state index contributed by atoms with van der Waals surface area (Å²) in [5, 5.41) is 13.8. The highest BCUT2D eigenvalue weighted by atomic mass is 32.2. The van der Waals surface area contributed by atoms with Crippen LogP contribution >= 0.6 is 11.3 Å². The summed E-state index contributed by atoms with van der Waals surface area (Å²) < 4.78 is 26.7. The summed E-state index contributed by atoms with van der Waals surface area (Å²) in [5.74, 6) is -0.408. The Balaban J connectivity index is 1.64. The molecule has 0 aliphatic carbocycles. The maximum atomic E-state index is 13.0. The molecule has 0 bridgehead atoms. The normalized spacial score (nSPS) is 11.8. The number of carbonyl (C=O) groups is 1. The Labute approximate surface area is 190 Å². The predicted octanol–water partition coefficient (Wildman–Crippen LogP) is 4.05. The van der Waals surface area contributed by atoms with E-state index in [-0.39, 0.29) is 10.5 Å². The van der Waals surface area contributed by atoms with Crippen LogP contribution in [0.2, 0.25) is 0 Å². The minimum absolute atomic E-state index is 0.0454. The van der Waals surface area contributed by atoms with Crippen LogP contribution in [0, 0.1) is 6.92 Å². The van der Waals surface area contributed by atoms with Crippen LogP contribution in [0.3, 0.4) is 0 Å². The number of hydrogen-bond acceptors (Lipinski definition) is 6. The molecule has 4 aromatic rings. The van der Waals surface area contributed by atoms with Crippen LogP contribution in [0.15, 0.2) is 59.6 Å². The number of aryl methyl sites for hydroxylation is 1. The average Bonchev–Trinajstić information content (AvgIpc) is 3.40. The van der Waals surface area contributed by atoms with Crippen molar-refractivity contribution in [3.8, 4) is 0 Å². The first-order valence-corrected chi connectivity index (χ1v) is 12.1. The van der Waals surface area contributed by atoms with Crippen molar-refractivity contribution < 1.29 is 13.2 Å². The van der Waals surface area contributed by atoms with Gasteiger partial charge in [0.15, 0.2) is 0 Å². The zero-order valence-electron chi connectivity index (χ0n) is 17.8. The zero-order valence-corrected chi connectivity index (χ0v) is 19.5. The van der Waals surface area contributed by atoms with Crippen molar-refractivity contribution in [2.75, 3.05) is 24.7 Å². The highest BCUT2D eigenvalue weighted by molar-refractivity contribution is 7.89. The van der Waals surface area contributed by atoms with Gasteiger partial charge in [0.1, 0.15) is 0 Å². The van der Waals surface area contributed by atoms with Crippen LogP contribution in [0.25, 0.3) is 10.9 Å². The van der Waals surface area contributed by atoms with E-state index < -0.39 is 15.9 Å². The Bertz CT molecular complexity index is 1390. The first-order chi connectivity index (χ1) is 15.2. The average molecular weight is 470 g/mol. The predicted molar refractivity (Wildman–Crippen MR) is 128 cm³/mol. The monoisotopic (exact) mass is 469 g/mol. The molecule has 0 aliphatic rings. The van der Waals surface area contributed by atoms with Crippen molar-refractivity contribution in [2.24, 2.45) is 0 Å². The number of carbonyl (C=O) groups excluding carboxylic acids is 1. The van der Waals surface area contributed by atoms with Gasteiger partial charge in [0.25, 0.3) is 5.91 Å². The highest BCUT2D eigenvalue weighted by Crippen LogP contribution is 2.24. The number of anilines is 2. The molecule has 4 rings (SSSR count). The molecule has 32 heavy (non-hydrogen) atoms. The topological polar surface area (TPSA) is 107 Å². The molecule has 2 aromatic heterocycles. The number of amides is 1. The first-order valence-electron chi connectivity index (χ1n) is 9.84. The number of sulfonamides is 1. The van der Waals surface area contributed by atoms with Gasteiger partial charge in [0.05, 0.1) is 16.6 Å². The Morgan fingerprint density at radius 1 is 1.09 bits per heavy atom. The van der Waals surface area contributed by atoms with Gasteiger partial charge in [-0.3, -0.25) is 9.89 Å². The number of aromatic nitrogens is 2. The number of fused-ring (bicyclic) bond motifs is 1. The third kappa shape index (κ3) is 4.67. The Morgan fingerprint density at radius 3 is 2.62 bits per heavy atom. The summed E-state index contributed by atoms with van der Waals surface area (Å²) in [6.07, 6.45) is 1.70. The molecule has 8 nitrogen and oxygen atoms in total. The van der Waals surface area contributed by atoms with E-state index in [9.17, 15) is 13.2 Å². The summed E-state index contributed by atoms with van der Waals surface area (Å²) >= 11 is 1.66. The lowest BCUT2D eigenvalue weighted by Gasteiger charge is -2.15. The summed E-state index contributed by atoms with van der Waals surface area (Å²) in [7, 11) is -0.803. The molecule has 0 saturated heterocycles. The van der Waals surface area contributed by atoms with E-state index in [1.54, 1.807) is 41.8 Å². The minimum atomic E-state index is -3.73. The largest absolute Gasteiger partial charge is 0.380 e. The molecular formula is C22H23N5O3S2. The molecule has 2 heterocycles. The van der Waals surface area contributed by atoms with Crippen molar-refractivity contribution in [1.82, 2.24) is 14.5 Å². The van der Waals surface area contributed by atoms with E-state index in [4.69, 9.17) is 0 Å². The molecule has 3 N–H and O–H groups in total. The van der Waals surface area contributed by atoms with Crippen molar-refractivity contribution in [1.29, 1.82) is 0 Å². The Hall–Kier alpha value is -3.21. The molecule has 0 spiro atoms. The highest BCUT2D eigenvalue weighted by Gasteiger charge is 2.21. The van der Waals surface area contributed by atoms with Crippen LogP contribution in [0.4, 0.5) is 11.4 Å². The van der Waals surface area contributed by atoms with Crippen molar-refractivity contribution >= 4 is 49.5 Å². The number of rotatable bonds is 7.